The molecule has 2 aromatic rings. The number of nitrogens with zero attached hydrogens (tertiary/aromatic N) is 4. The SMILES string of the molecule is CCCN(CCC)C(=O)c1cccc(C(=O)N2CCN(c3ccccn3)CC2)c1. The Morgan fingerprint density at radius 3 is 2.24 bits per heavy atom. The molecule has 1 aromatic carbocycles. The van der Waals surface area contributed by atoms with E-state index < -0.39 is 0 Å². The van der Waals surface area contributed by atoms with Gasteiger partial charge < -0.3 is 14.7 Å². The van der Waals surface area contributed by atoms with E-state index in [0.29, 0.717) is 24.2 Å². The molecule has 2 heterocycles. The molecule has 154 valence electrons. The lowest BCUT2D eigenvalue weighted by Gasteiger charge is -2.35. The second-order valence-electron chi connectivity index (χ2n) is 7.34. The minimum Gasteiger partial charge on any atom is -0.353 e. The van der Waals surface area contributed by atoms with E-state index in [9.17, 15) is 9.59 Å². The molecule has 0 spiro atoms. The summed E-state index contributed by atoms with van der Waals surface area (Å²) in [6.45, 7) is 8.41. The molecule has 3 rings (SSSR count). The first-order valence-electron chi connectivity index (χ1n) is 10.5. The van der Waals surface area contributed by atoms with Crippen LogP contribution in [-0.2, 0) is 0 Å². The number of piperazine rings is 1. The van der Waals surface area contributed by atoms with E-state index in [-0.39, 0.29) is 11.8 Å². The topological polar surface area (TPSA) is 56.8 Å². The van der Waals surface area contributed by atoms with Crippen molar-refractivity contribution in [2.24, 2.45) is 0 Å². The molecular weight excluding hydrogens is 364 g/mol. The summed E-state index contributed by atoms with van der Waals surface area (Å²) in [5.41, 5.74) is 1.17. The van der Waals surface area contributed by atoms with Crippen LogP contribution in [0.25, 0.3) is 0 Å². The Kier molecular flexibility index (Phi) is 7.22. The molecule has 1 aliphatic heterocycles. The fraction of sp³-hybridized carbons (Fsp3) is 0.435. The predicted molar refractivity (Wildman–Crippen MR) is 115 cm³/mol. The highest BCUT2D eigenvalue weighted by atomic mass is 16.2. The number of anilines is 1. The first-order valence-corrected chi connectivity index (χ1v) is 10.5. The van der Waals surface area contributed by atoms with E-state index in [1.807, 2.05) is 28.0 Å². The van der Waals surface area contributed by atoms with Crippen molar-refractivity contribution in [3.63, 3.8) is 0 Å². The molecule has 1 saturated heterocycles. The molecule has 0 aliphatic carbocycles. The number of benzene rings is 1. The van der Waals surface area contributed by atoms with Gasteiger partial charge in [-0.25, -0.2) is 4.98 Å². The average Bonchev–Trinajstić information content (AvgIpc) is 2.79. The van der Waals surface area contributed by atoms with Gasteiger partial charge in [-0.05, 0) is 43.2 Å². The van der Waals surface area contributed by atoms with Gasteiger partial charge in [0.1, 0.15) is 5.82 Å². The summed E-state index contributed by atoms with van der Waals surface area (Å²) < 4.78 is 0. The highest BCUT2D eigenvalue weighted by Crippen LogP contribution is 2.16. The third-order valence-corrected chi connectivity index (χ3v) is 5.17. The van der Waals surface area contributed by atoms with Crippen molar-refractivity contribution in [2.45, 2.75) is 26.7 Å². The molecule has 1 aromatic heterocycles. The Morgan fingerprint density at radius 1 is 0.931 bits per heavy atom. The number of carbonyl (C=O) groups is 2. The fourth-order valence-corrected chi connectivity index (χ4v) is 3.68. The lowest BCUT2D eigenvalue weighted by atomic mass is 10.1. The van der Waals surface area contributed by atoms with E-state index in [1.165, 1.54) is 0 Å². The zero-order chi connectivity index (χ0) is 20.6. The van der Waals surface area contributed by atoms with Crippen LogP contribution in [0.4, 0.5) is 5.82 Å². The monoisotopic (exact) mass is 394 g/mol. The molecule has 0 radical (unpaired) electrons. The lowest BCUT2D eigenvalue weighted by molar-refractivity contribution is 0.0746. The van der Waals surface area contributed by atoms with E-state index in [0.717, 1.165) is 44.8 Å². The van der Waals surface area contributed by atoms with E-state index in [2.05, 4.69) is 23.7 Å². The molecular formula is C23H30N4O2. The third kappa shape index (κ3) is 5.13. The first kappa shape index (κ1) is 20.8. The Morgan fingerprint density at radius 2 is 1.62 bits per heavy atom. The smallest absolute Gasteiger partial charge is 0.253 e. The highest BCUT2D eigenvalue weighted by molar-refractivity contribution is 5.99. The molecule has 2 amide bonds. The Balaban J connectivity index is 1.66. The molecule has 6 heteroatoms. The van der Waals surface area contributed by atoms with Crippen molar-refractivity contribution in [3.05, 3.63) is 59.8 Å². The quantitative estimate of drug-likeness (QED) is 0.723. The normalized spacial score (nSPS) is 14.0. The van der Waals surface area contributed by atoms with Gasteiger partial charge in [-0.1, -0.05) is 26.0 Å². The number of pyridine rings is 1. The van der Waals surface area contributed by atoms with Gasteiger partial charge in [0, 0.05) is 56.6 Å². The largest absolute Gasteiger partial charge is 0.353 e. The number of rotatable bonds is 7. The molecule has 0 N–H and O–H groups in total. The van der Waals surface area contributed by atoms with Crippen LogP contribution >= 0.6 is 0 Å². The van der Waals surface area contributed by atoms with Crippen LogP contribution in [0, 0.1) is 0 Å². The number of amides is 2. The van der Waals surface area contributed by atoms with E-state index in [1.54, 1.807) is 30.5 Å². The third-order valence-electron chi connectivity index (χ3n) is 5.17. The summed E-state index contributed by atoms with van der Waals surface area (Å²) in [6, 6.07) is 13.0. The van der Waals surface area contributed by atoms with Crippen LogP contribution in [-0.4, -0.2) is 65.9 Å². The van der Waals surface area contributed by atoms with Gasteiger partial charge in [-0.15, -0.1) is 0 Å². The second-order valence-corrected chi connectivity index (χ2v) is 7.34. The van der Waals surface area contributed by atoms with Gasteiger partial charge in [0.2, 0.25) is 0 Å². The Labute approximate surface area is 173 Å². The second kappa shape index (κ2) is 10.0. The number of aromatic nitrogens is 1. The van der Waals surface area contributed by atoms with Crippen LogP contribution in [0.1, 0.15) is 47.4 Å². The number of hydrogen-bond donors (Lipinski definition) is 0. The summed E-state index contributed by atoms with van der Waals surface area (Å²) >= 11 is 0. The fourth-order valence-electron chi connectivity index (χ4n) is 3.68. The molecule has 1 fully saturated rings. The van der Waals surface area contributed by atoms with Gasteiger partial charge in [0.25, 0.3) is 11.8 Å². The zero-order valence-electron chi connectivity index (χ0n) is 17.4. The Hall–Kier alpha value is -2.89. The summed E-state index contributed by atoms with van der Waals surface area (Å²) in [5.74, 6) is 0.931. The molecule has 1 aliphatic rings. The molecule has 6 nitrogen and oxygen atoms in total. The van der Waals surface area contributed by atoms with E-state index >= 15 is 0 Å². The van der Waals surface area contributed by atoms with Crippen molar-refractivity contribution < 1.29 is 9.59 Å². The summed E-state index contributed by atoms with van der Waals surface area (Å²) in [6.07, 6.45) is 3.63. The van der Waals surface area contributed by atoms with Crippen molar-refractivity contribution in [3.8, 4) is 0 Å². The van der Waals surface area contributed by atoms with Crippen molar-refractivity contribution in [2.75, 3.05) is 44.2 Å². The van der Waals surface area contributed by atoms with Gasteiger partial charge in [0.05, 0.1) is 0 Å². The summed E-state index contributed by atoms with van der Waals surface area (Å²) in [5, 5.41) is 0. The maximum absolute atomic E-state index is 13.0. The average molecular weight is 395 g/mol. The molecule has 0 atom stereocenters. The van der Waals surface area contributed by atoms with Crippen LogP contribution in [0.15, 0.2) is 48.7 Å². The first-order chi connectivity index (χ1) is 14.1. The van der Waals surface area contributed by atoms with Crippen LogP contribution in [0.3, 0.4) is 0 Å². The van der Waals surface area contributed by atoms with Gasteiger partial charge in [-0.3, -0.25) is 9.59 Å². The molecule has 0 saturated carbocycles. The van der Waals surface area contributed by atoms with Crippen molar-refractivity contribution in [1.82, 2.24) is 14.8 Å². The zero-order valence-corrected chi connectivity index (χ0v) is 17.4. The highest BCUT2D eigenvalue weighted by Gasteiger charge is 2.24. The molecule has 0 bridgehead atoms. The molecule has 0 unspecified atom stereocenters. The molecule has 29 heavy (non-hydrogen) atoms. The van der Waals surface area contributed by atoms with Gasteiger partial charge in [0.15, 0.2) is 0 Å². The minimum atomic E-state index is -0.0159. The lowest BCUT2D eigenvalue weighted by Crippen LogP contribution is -2.49. The Bertz CT molecular complexity index is 811. The van der Waals surface area contributed by atoms with E-state index in [4.69, 9.17) is 0 Å². The van der Waals surface area contributed by atoms with Crippen molar-refractivity contribution in [1.29, 1.82) is 0 Å². The summed E-state index contributed by atoms with van der Waals surface area (Å²) in [7, 11) is 0. The standard InChI is InChI=1S/C23H30N4O2/c1-3-12-26(13-4-2)22(28)19-8-7-9-20(18-19)23(29)27-16-14-25(15-17-27)21-10-5-6-11-24-21/h5-11,18H,3-4,12-17H2,1-2H3. The minimum absolute atomic E-state index is 0.00308. The van der Waals surface area contributed by atoms with Crippen LogP contribution in [0.2, 0.25) is 0 Å². The maximum atomic E-state index is 13.0. The van der Waals surface area contributed by atoms with Crippen molar-refractivity contribution >= 4 is 17.6 Å². The van der Waals surface area contributed by atoms with Gasteiger partial charge >= 0.3 is 0 Å². The maximum Gasteiger partial charge on any atom is 0.253 e. The van der Waals surface area contributed by atoms with Crippen LogP contribution in [0.5, 0.6) is 0 Å². The summed E-state index contributed by atoms with van der Waals surface area (Å²) in [4.78, 5) is 36.2. The number of hydrogen-bond acceptors (Lipinski definition) is 4. The predicted octanol–water partition coefficient (Wildman–Crippen LogP) is 3.31. The van der Waals surface area contributed by atoms with Crippen LogP contribution < -0.4 is 4.90 Å². The number of carbonyl (C=O) groups excluding carboxylic acids is 2. The van der Waals surface area contributed by atoms with Gasteiger partial charge in [-0.2, -0.15) is 0 Å².